The third-order valence-corrected chi connectivity index (χ3v) is 3.44. The molecule has 1 aromatic rings. The van der Waals surface area contributed by atoms with Crippen molar-refractivity contribution < 1.29 is 21.5 Å². The van der Waals surface area contributed by atoms with Crippen LogP contribution in [-0.4, -0.2) is 12.3 Å². The molecule has 0 aliphatic heterocycles. The van der Waals surface area contributed by atoms with E-state index >= 15 is 0 Å². The van der Waals surface area contributed by atoms with Gasteiger partial charge in [-0.25, -0.2) is 4.57 Å². The Morgan fingerprint density at radius 1 is 0.947 bits per heavy atom. The summed E-state index contributed by atoms with van der Waals surface area (Å²) in [4.78, 5) is 0. The van der Waals surface area contributed by atoms with Gasteiger partial charge >= 0.3 is 0 Å². The molecule has 0 saturated heterocycles. The minimum atomic E-state index is 0. The van der Waals surface area contributed by atoms with Crippen molar-refractivity contribution >= 4 is 12.6 Å². The SMILES string of the molecule is NCCCCCCCCc1cc[n+](CCS)cc1.[Br-]. The fourth-order valence-corrected chi connectivity index (χ4v) is 2.33. The molecule has 2 nitrogen and oxygen atoms in total. The van der Waals surface area contributed by atoms with Gasteiger partial charge in [0.15, 0.2) is 18.9 Å². The molecule has 0 radical (unpaired) electrons. The Labute approximate surface area is 134 Å². The monoisotopic (exact) mass is 346 g/mol. The van der Waals surface area contributed by atoms with Crippen LogP contribution in [0.1, 0.15) is 44.1 Å². The lowest BCUT2D eigenvalue weighted by Crippen LogP contribution is -3.00. The highest BCUT2D eigenvalue weighted by molar-refractivity contribution is 7.80. The van der Waals surface area contributed by atoms with Gasteiger partial charge < -0.3 is 22.7 Å². The molecule has 1 aromatic heterocycles. The number of aryl methyl sites for hydroxylation is 2. The summed E-state index contributed by atoms with van der Waals surface area (Å²) in [5, 5.41) is 0. The maximum atomic E-state index is 5.47. The van der Waals surface area contributed by atoms with E-state index in [4.69, 9.17) is 5.73 Å². The van der Waals surface area contributed by atoms with Crippen molar-refractivity contribution in [2.75, 3.05) is 12.3 Å². The minimum Gasteiger partial charge on any atom is -1.00 e. The lowest BCUT2D eigenvalue weighted by Gasteiger charge is -2.02. The third kappa shape index (κ3) is 9.47. The van der Waals surface area contributed by atoms with Gasteiger partial charge in [-0.1, -0.05) is 25.7 Å². The summed E-state index contributed by atoms with van der Waals surface area (Å²) in [5.41, 5.74) is 6.92. The molecule has 0 aromatic carbocycles. The van der Waals surface area contributed by atoms with Crippen molar-refractivity contribution in [1.29, 1.82) is 0 Å². The molecule has 0 amide bonds. The summed E-state index contributed by atoms with van der Waals surface area (Å²) in [7, 11) is 0. The van der Waals surface area contributed by atoms with Crippen molar-refractivity contribution in [3.63, 3.8) is 0 Å². The Hall–Kier alpha value is -0.0600. The second-order valence-corrected chi connectivity index (χ2v) is 5.28. The van der Waals surface area contributed by atoms with Gasteiger partial charge in [0.05, 0.1) is 0 Å². The summed E-state index contributed by atoms with van der Waals surface area (Å²) in [5.74, 6) is 0.896. The van der Waals surface area contributed by atoms with Crippen molar-refractivity contribution in [3.05, 3.63) is 30.1 Å². The fourth-order valence-electron chi connectivity index (χ4n) is 2.10. The summed E-state index contributed by atoms with van der Waals surface area (Å²) in [6, 6.07) is 4.47. The van der Waals surface area contributed by atoms with Gasteiger partial charge in [0, 0.05) is 17.9 Å². The van der Waals surface area contributed by atoms with E-state index < -0.39 is 0 Å². The Balaban J connectivity index is 0.00000324. The summed E-state index contributed by atoms with van der Waals surface area (Å²) < 4.78 is 2.18. The number of rotatable bonds is 10. The van der Waals surface area contributed by atoms with Gasteiger partial charge in [-0.2, -0.15) is 12.6 Å². The predicted octanol–water partition coefficient (Wildman–Crippen LogP) is -0.250. The number of nitrogens with two attached hydrogens (primary N) is 1. The van der Waals surface area contributed by atoms with Crippen molar-refractivity contribution in [1.82, 2.24) is 0 Å². The molecule has 1 rings (SSSR count). The highest BCUT2D eigenvalue weighted by atomic mass is 79.9. The Morgan fingerprint density at radius 2 is 1.53 bits per heavy atom. The second kappa shape index (κ2) is 12.9. The van der Waals surface area contributed by atoms with Crippen LogP contribution in [0.2, 0.25) is 0 Å². The molecule has 1 heterocycles. The average Bonchev–Trinajstić information content (AvgIpc) is 2.40. The van der Waals surface area contributed by atoms with Crippen LogP contribution in [-0.2, 0) is 13.0 Å². The zero-order chi connectivity index (χ0) is 13.1. The highest BCUT2D eigenvalue weighted by Crippen LogP contribution is 2.08. The highest BCUT2D eigenvalue weighted by Gasteiger charge is 1.99. The topological polar surface area (TPSA) is 29.9 Å². The fraction of sp³-hybridized carbons (Fsp3) is 0.667. The number of thiol groups is 1. The van der Waals surface area contributed by atoms with Crippen molar-refractivity contribution in [2.24, 2.45) is 5.73 Å². The van der Waals surface area contributed by atoms with Crippen molar-refractivity contribution in [2.45, 2.75) is 51.5 Å². The normalized spacial score (nSPS) is 10.2. The van der Waals surface area contributed by atoms with Gasteiger partial charge in [-0.05, 0) is 31.4 Å². The summed E-state index contributed by atoms with van der Waals surface area (Å²) in [6.07, 6.45) is 13.4. The second-order valence-electron chi connectivity index (χ2n) is 4.83. The van der Waals surface area contributed by atoms with Crippen LogP contribution in [0.25, 0.3) is 0 Å². The first kappa shape index (κ1) is 18.9. The lowest BCUT2D eigenvalue weighted by atomic mass is 10.1. The molecule has 0 unspecified atom stereocenters. The number of hydrogen-bond acceptors (Lipinski definition) is 2. The molecule has 0 saturated carbocycles. The number of pyridine rings is 1. The first-order valence-electron chi connectivity index (χ1n) is 7.15. The summed E-state index contributed by atoms with van der Waals surface area (Å²) >= 11 is 4.23. The molecular weight excluding hydrogens is 320 g/mol. The van der Waals surface area contributed by atoms with Crippen LogP contribution < -0.4 is 27.3 Å². The maximum absolute atomic E-state index is 5.47. The molecule has 0 spiro atoms. The quantitative estimate of drug-likeness (QED) is 0.341. The number of unbranched alkanes of at least 4 members (excludes halogenated alkanes) is 5. The van der Waals surface area contributed by atoms with E-state index in [0.717, 1.165) is 18.8 Å². The molecule has 2 N–H and O–H groups in total. The van der Waals surface area contributed by atoms with Crippen LogP contribution in [0, 0.1) is 0 Å². The molecule has 110 valence electrons. The molecule has 0 fully saturated rings. The van der Waals surface area contributed by atoms with E-state index in [1.807, 2.05) is 0 Å². The molecule has 0 aliphatic carbocycles. The van der Waals surface area contributed by atoms with Crippen LogP contribution in [0.15, 0.2) is 24.5 Å². The third-order valence-electron chi connectivity index (χ3n) is 3.24. The zero-order valence-corrected chi connectivity index (χ0v) is 14.2. The zero-order valence-electron chi connectivity index (χ0n) is 11.7. The molecule has 0 bridgehead atoms. The largest absolute Gasteiger partial charge is 1.00 e. The van der Waals surface area contributed by atoms with Gasteiger partial charge in [0.1, 0.15) is 0 Å². The lowest BCUT2D eigenvalue weighted by molar-refractivity contribution is -0.692. The molecular formula is C15H27BrN2S. The first-order valence-corrected chi connectivity index (χ1v) is 7.79. The van der Waals surface area contributed by atoms with Gasteiger partial charge in [0.2, 0.25) is 0 Å². The Kier molecular flexibility index (Phi) is 12.9. The smallest absolute Gasteiger partial charge is 0.169 e. The van der Waals surface area contributed by atoms with E-state index in [2.05, 4.69) is 41.7 Å². The van der Waals surface area contributed by atoms with Crippen LogP contribution in [0.3, 0.4) is 0 Å². The van der Waals surface area contributed by atoms with Crippen LogP contribution >= 0.6 is 12.6 Å². The first-order chi connectivity index (χ1) is 8.86. The predicted molar refractivity (Wildman–Crippen MR) is 81.0 cm³/mol. The Bertz CT molecular complexity index is 304. The van der Waals surface area contributed by atoms with E-state index in [0.29, 0.717) is 0 Å². The number of hydrogen-bond donors (Lipinski definition) is 2. The maximum Gasteiger partial charge on any atom is 0.169 e. The van der Waals surface area contributed by atoms with Crippen LogP contribution in [0.5, 0.6) is 0 Å². The minimum absolute atomic E-state index is 0. The molecule has 4 heteroatoms. The molecule has 0 atom stereocenters. The Morgan fingerprint density at radius 3 is 2.11 bits per heavy atom. The van der Waals surface area contributed by atoms with E-state index in [-0.39, 0.29) is 17.0 Å². The number of aromatic nitrogens is 1. The van der Waals surface area contributed by atoms with Gasteiger partial charge in [-0.3, -0.25) is 0 Å². The standard InChI is InChI=1S/C15H26N2S.BrH/c16-10-6-4-2-1-3-5-7-15-8-11-17(12-9-15)13-14-18;/h8-9,11-12H,1-7,10,13-14,16H2;1H. The molecule has 0 aliphatic rings. The molecule has 19 heavy (non-hydrogen) atoms. The van der Waals surface area contributed by atoms with E-state index in [9.17, 15) is 0 Å². The van der Waals surface area contributed by atoms with Crippen molar-refractivity contribution in [3.8, 4) is 0 Å². The summed E-state index contributed by atoms with van der Waals surface area (Å²) in [6.45, 7) is 1.83. The van der Waals surface area contributed by atoms with E-state index in [1.165, 1.54) is 50.5 Å². The number of nitrogens with zero attached hydrogens (tertiary/aromatic N) is 1. The average molecular weight is 347 g/mol. The van der Waals surface area contributed by atoms with Crippen LogP contribution in [0.4, 0.5) is 0 Å². The number of halogens is 1. The van der Waals surface area contributed by atoms with Gasteiger partial charge in [0.25, 0.3) is 0 Å². The van der Waals surface area contributed by atoms with Gasteiger partial charge in [-0.15, -0.1) is 0 Å². The van der Waals surface area contributed by atoms with E-state index in [1.54, 1.807) is 0 Å².